The van der Waals surface area contributed by atoms with Gasteiger partial charge < -0.3 is 4.74 Å². The average molecular weight is 308 g/mol. The van der Waals surface area contributed by atoms with Crippen LogP contribution < -0.4 is 0 Å². The fraction of sp³-hybridized carbons (Fsp3) is 0.0667. The van der Waals surface area contributed by atoms with E-state index in [0.29, 0.717) is 6.29 Å². The minimum Gasteiger partial charge on any atom is -0.461 e. The summed E-state index contributed by atoms with van der Waals surface area (Å²) in [4.78, 5) is 15.2. The number of carbonyl (C=O) groups is 1. The number of halogens is 3. The molecule has 0 amide bonds. The number of aldehydes is 1. The minimum absolute atomic E-state index is 0.0312. The van der Waals surface area contributed by atoms with Crippen molar-refractivity contribution in [2.45, 2.75) is 6.10 Å². The number of ether oxygens (including phenoxy) is 1. The van der Waals surface area contributed by atoms with Gasteiger partial charge in [-0.1, -0.05) is 23.7 Å². The molecule has 0 fully saturated rings. The Kier molecular flexibility index (Phi) is 3.43. The Morgan fingerprint density at radius 2 is 1.86 bits per heavy atom. The molecule has 0 spiro atoms. The normalized spacial score (nSPS) is 16.7. The summed E-state index contributed by atoms with van der Waals surface area (Å²) in [5, 5.41) is 0.0956. The van der Waals surface area contributed by atoms with E-state index in [1.807, 2.05) is 0 Å². The molecule has 1 heterocycles. The Hall–Kier alpha value is -2.27. The first-order valence-electron chi connectivity index (χ1n) is 6.05. The van der Waals surface area contributed by atoms with E-state index in [4.69, 9.17) is 16.3 Å². The fourth-order valence-corrected chi connectivity index (χ4v) is 2.38. The van der Waals surface area contributed by atoms with Crippen molar-refractivity contribution in [3.63, 3.8) is 0 Å². The summed E-state index contributed by atoms with van der Waals surface area (Å²) in [6.45, 7) is 0. The van der Waals surface area contributed by atoms with Gasteiger partial charge in [-0.15, -0.1) is 0 Å². The van der Waals surface area contributed by atoms with Crippen molar-refractivity contribution in [2.75, 3.05) is 0 Å². The number of aliphatic imine (C=N–C) groups is 1. The van der Waals surface area contributed by atoms with Crippen LogP contribution in [0.5, 0.6) is 0 Å². The highest BCUT2D eigenvalue weighted by Crippen LogP contribution is 2.36. The molecular weight excluding hydrogens is 300 g/mol. The van der Waals surface area contributed by atoms with Crippen LogP contribution in [0.3, 0.4) is 0 Å². The number of nitrogens with zero attached hydrogens (tertiary/aromatic N) is 1. The maximum atomic E-state index is 13.9. The molecule has 2 aromatic rings. The van der Waals surface area contributed by atoms with Crippen LogP contribution in [0.25, 0.3) is 0 Å². The van der Waals surface area contributed by atoms with Crippen LogP contribution >= 0.6 is 11.6 Å². The van der Waals surface area contributed by atoms with E-state index >= 15 is 0 Å². The zero-order valence-electron chi connectivity index (χ0n) is 10.5. The van der Waals surface area contributed by atoms with Gasteiger partial charge in [-0.25, -0.2) is 13.8 Å². The van der Waals surface area contributed by atoms with Crippen molar-refractivity contribution in [1.82, 2.24) is 0 Å². The second-order valence-electron chi connectivity index (χ2n) is 4.36. The smallest absolute Gasteiger partial charge is 0.226 e. The average Bonchev–Trinajstić information content (AvgIpc) is 2.46. The molecule has 6 heteroatoms. The van der Waals surface area contributed by atoms with Crippen molar-refractivity contribution in [2.24, 2.45) is 4.99 Å². The Morgan fingerprint density at radius 1 is 1.14 bits per heavy atom. The molecule has 2 aromatic carbocycles. The van der Waals surface area contributed by atoms with Crippen LogP contribution in [0.15, 0.2) is 41.4 Å². The highest BCUT2D eigenvalue weighted by Gasteiger charge is 2.29. The Bertz CT molecular complexity index is 741. The highest BCUT2D eigenvalue weighted by atomic mass is 35.5. The van der Waals surface area contributed by atoms with E-state index in [1.54, 1.807) is 0 Å². The lowest BCUT2D eigenvalue weighted by atomic mass is 10.1. The molecule has 1 aliphatic heterocycles. The van der Waals surface area contributed by atoms with Gasteiger partial charge in [0.05, 0.1) is 21.8 Å². The van der Waals surface area contributed by atoms with Gasteiger partial charge in [0.2, 0.25) is 5.90 Å². The van der Waals surface area contributed by atoms with Crippen LogP contribution in [-0.2, 0) is 9.53 Å². The van der Waals surface area contributed by atoms with Crippen molar-refractivity contribution in [3.8, 4) is 0 Å². The third-order valence-corrected chi connectivity index (χ3v) is 3.39. The van der Waals surface area contributed by atoms with Gasteiger partial charge >= 0.3 is 0 Å². The molecule has 0 aliphatic carbocycles. The molecule has 1 atom stereocenters. The molecule has 0 aromatic heterocycles. The van der Waals surface area contributed by atoms with E-state index in [9.17, 15) is 13.6 Å². The van der Waals surface area contributed by atoms with Crippen LogP contribution in [0.2, 0.25) is 5.02 Å². The Labute approximate surface area is 123 Å². The lowest BCUT2D eigenvalue weighted by molar-refractivity contribution is -0.114. The molecule has 0 saturated carbocycles. The van der Waals surface area contributed by atoms with Gasteiger partial charge in [-0.2, -0.15) is 0 Å². The molecule has 1 aliphatic rings. The summed E-state index contributed by atoms with van der Waals surface area (Å²) in [5.74, 6) is -1.38. The zero-order valence-corrected chi connectivity index (χ0v) is 11.3. The van der Waals surface area contributed by atoms with Crippen LogP contribution in [0, 0.1) is 11.6 Å². The SMILES string of the molecule is O=CC1OC(c2c(F)cccc2Cl)=Nc2cccc(F)c21. The lowest BCUT2D eigenvalue weighted by Crippen LogP contribution is -2.20. The number of rotatable bonds is 2. The highest BCUT2D eigenvalue weighted by molar-refractivity contribution is 6.34. The van der Waals surface area contributed by atoms with Gasteiger partial charge in [0.25, 0.3) is 0 Å². The third kappa shape index (κ3) is 2.29. The first-order valence-corrected chi connectivity index (χ1v) is 6.43. The van der Waals surface area contributed by atoms with Gasteiger partial charge in [0.15, 0.2) is 12.4 Å². The lowest BCUT2D eigenvalue weighted by Gasteiger charge is -2.23. The number of benzene rings is 2. The summed E-state index contributed by atoms with van der Waals surface area (Å²) in [6, 6.07) is 8.29. The first-order chi connectivity index (χ1) is 10.1. The quantitative estimate of drug-likeness (QED) is 0.788. The molecule has 0 N–H and O–H groups in total. The summed E-state index contributed by atoms with van der Waals surface area (Å²) < 4.78 is 33.0. The largest absolute Gasteiger partial charge is 0.461 e. The predicted octanol–water partition coefficient (Wildman–Crippen LogP) is 3.97. The van der Waals surface area contributed by atoms with Crippen molar-refractivity contribution < 1.29 is 18.3 Å². The van der Waals surface area contributed by atoms with Crippen molar-refractivity contribution in [3.05, 3.63) is 64.2 Å². The van der Waals surface area contributed by atoms with Crippen LogP contribution in [-0.4, -0.2) is 12.2 Å². The number of hydrogen-bond acceptors (Lipinski definition) is 3. The topological polar surface area (TPSA) is 38.7 Å². The molecule has 0 radical (unpaired) electrons. The zero-order chi connectivity index (χ0) is 15.0. The monoisotopic (exact) mass is 307 g/mol. The van der Waals surface area contributed by atoms with Gasteiger partial charge in [-0.05, 0) is 24.3 Å². The second kappa shape index (κ2) is 5.26. The molecule has 1 unspecified atom stereocenters. The van der Waals surface area contributed by atoms with E-state index in [1.165, 1.54) is 36.4 Å². The van der Waals surface area contributed by atoms with Gasteiger partial charge in [-0.3, -0.25) is 4.79 Å². The molecule has 106 valence electrons. The molecule has 3 nitrogen and oxygen atoms in total. The Balaban J connectivity index is 2.20. The van der Waals surface area contributed by atoms with E-state index in [-0.39, 0.29) is 27.7 Å². The Morgan fingerprint density at radius 3 is 2.57 bits per heavy atom. The van der Waals surface area contributed by atoms with Crippen LogP contribution in [0.4, 0.5) is 14.5 Å². The van der Waals surface area contributed by atoms with Crippen LogP contribution in [0.1, 0.15) is 17.2 Å². The second-order valence-corrected chi connectivity index (χ2v) is 4.77. The minimum atomic E-state index is -1.19. The fourth-order valence-electron chi connectivity index (χ4n) is 2.13. The number of fused-ring (bicyclic) bond motifs is 1. The summed E-state index contributed by atoms with van der Waals surface area (Å²) >= 11 is 5.95. The molecule has 3 rings (SSSR count). The standard InChI is InChI=1S/C15H8ClF2NO2/c16-8-3-1-4-9(17)13(8)15-19-11-6-2-5-10(18)14(11)12(7-20)21-15/h1-7,12H. The summed E-state index contributed by atoms with van der Waals surface area (Å²) in [7, 11) is 0. The van der Waals surface area contributed by atoms with Crippen molar-refractivity contribution in [1.29, 1.82) is 0 Å². The molecule has 21 heavy (non-hydrogen) atoms. The van der Waals surface area contributed by atoms with Gasteiger partial charge in [0.1, 0.15) is 11.6 Å². The van der Waals surface area contributed by atoms with Gasteiger partial charge in [0, 0.05) is 0 Å². The molecular formula is C15H8ClF2NO2. The number of hydrogen-bond donors (Lipinski definition) is 0. The summed E-state index contributed by atoms with van der Waals surface area (Å²) in [6.07, 6.45) is -0.755. The van der Waals surface area contributed by atoms with E-state index in [0.717, 1.165) is 0 Å². The maximum absolute atomic E-state index is 13.9. The van der Waals surface area contributed by atoms with E-state index in [2.05, 4.69) is 4.99 Å². The predicted molar refractivity (Wildman–Crippen MR) is 73.9 cm³/mol. The summed E-state index contributed by atoms with van der Waals surface area (Å²) in [5.41, 5.74) is 0.192. The first kappa shape index (κ1) is 13.7. The molecule has 0 bridgehead atoms. The van der Waals surface area contributed by atoms with Crippen molar-refractivity contribution >= 4 is 29.5 Å². The number of carbonyl (C=O) groups excluding carboxylic acids is 1. The molecule has 0 saturated heterocycles. The van der Waals surface area contributed by atoms with E-state index < -0.39 is 17.7 Å². The maximum Gasteiger partial charge on any atom is 0.226 e. The third-order valence-electron chi connectivity index (χ3n) is 3.08.